The number of hydrogen-bond acceptors (Lipinski definition) is 3. The van der Waals surface area contributed by atoms with Crippen molar-refractivity contribution in [1.82, 2.24) is 0 Å². The quantitative estimate of drug-likeness (QED) is 0.102. The van der Waals surface area contributed by atoms with Gasteiger partial charge in [-0.25, -0.2) is 4.79 Å². The summed E-state index contributed by atoms with van der Waals surface area (Å²) < 4.78 is 5.88. The van der Waals surface area contributed by atoms with E-state index in [2.05, 4.69) is 111 Å². The first-order chi connectivity index (χ1) is 23.6. The summed E-state index contributed by atoms with van der Waals surface area (Å²) >= 11 is 0. The Hall–Kier alpha value is -2.91. The number of carbonyl (C=O) groups is 1. The van der Waals surface area contributed by atoms with Gasteiger partial charge in [0.15, 0.2) is 0 Å². The highest BCUT2D eigenvalue weighted by molar-refractivity contribution is 5.83. The zero-order valence-electron chi connectivity index (χ0n) is 32.9. The average Bonchev–Trinajstić information content (AvgIpc) is 3.41. The minimum atomic E-state index is -0.708. The highest BCUT2D eigenvalue weighted by Crippen LogP contribution is 2.59. The molecule has 7 atom stereocenters. The molecule has 50 heavy (non-hydrogen) atoms. The molecule has 0 heterocycles. The van der Waals surface area contributed by atoms with Crippen LogP contribution in [-0.2, 0) is 9.53 Å². The highest BCUT2D eigenvalue weighted by Gasteiger charge is 2.50. The van der Waals surface area contributed by atoms with Crippen LogP contribution in [0, 0.1) is 40.4 Å². The fourth-order valence-electron chi connectivity index (χ4n) is 8.96. The van der Waals surface area contributed by atoms with Crippen molar-refractivity contribution in [3.63, 3.8) is 0 Å². The van der Waals surface area contributed by atoms with Crippen LogP contribution in [0.15, 0.2) is 107 Å². The fourth-order valence-corrected chi connectivity index (χ4v) is 8.96. The molecule has 4 aliphatic rings. The molecule has 0 aromatic heterocycles. The maximum absolute atomic E-state index is 12.9. The lowest BCUT2D eigenvalue weighted by Gasteiger charge is -2.44. The summed E-state index contributed by atoms with van der Waals surface area (Å²) in [5.41, 5.74) is 7.25. The second kappa shape index (κ2) is 17.5. The predicted octanol–water partition coefficient (Wildman–Crippen LogP) is 12.3. The molecule has 274 valence electrons. The number of allylic oxidation sites excluding steroid dienone is 14. The molecule has 0 aromatic rings. The van der Waals surface area contributed by atoms with Gasteiger partial charge in [0.05, 0.1) is 6.10 Å². The van der Waals surface area contributed by atoms with E-state index in [0.29, 0.717) is 47.8 Å². The van der Waals surface area contributed by atoms with Gasteiger partial charge in [0.1, 0.15) is 6.10 Å². The lowest BCUT2D eigenvalue weighted by Crippen LogP contribution is -2.35. The minimum Gasteiger partial charge on any atom is -0.459 e. The van der Waals surface area contributed by atoms with Crippen LogP contribution in [0.25, 0.3) is 0 Å². The monoisotopic (exact) mass is 681 g/mol. The molecule has 0 aromatic carbocycles. The molecule has 0 amide bonds. The normalized spacial score (nSPS) is 32.4. The predicted molar refractivity (Wildman–Crippen MR) is 212 cm³/mol. The van der Waals surface area contributed by atoms with Crippen LogP contribution in [-0.4, -0.2) is 23.3 Å². The summed E-state index contributed by atoms with van der Waals surface area (Å²) in [4.78, 5) is 12.9. The third kappa shape index (κ3) is 10.3. The van der Waals surface area contributed by atoms with Crippen molar-refractivity contribution >= 4 is 5.97 Å². The number of aliphatic hydroxyl groups excluding tert-OH is 1. The molecular formula is C47H68O3. The largest absolute Gasteiger partial charge is 0.459 e. The van der Waals surface area contributed by atoms with E-state index < -0.39 is 6.10 Å². The topological polar surface area (TPSA) is 46.5 Å². The summed E-state index contributed by atoms with van der Waals surface area (Å²) in [6, 6.07) is 0. The molecule has 1 N–H and O–H groups in total. The van der Waals surface area contributed by atoms with Crippen molar-refractivity contribution < 1.29 is 14.6 Å². The van der Waals surface area contributed by atoms with Crippen LogP contribution < -0.4 is 0 Å². The zero-order valence-corrected chi connectivity index (χ0v) is 32.9. The van der Waals surface area contributed by atoms with Gasteiger partial charge in [0.25, 0.3) is 0 Å². The molecule has 0 aliphatic heterocycles. The molecule has 0 saturated heterocycles. The van der Waals surface area contributed by atoms with E-state index in [0.717, 1.165) is 35.1 Å². The third-order valence-electron chi connectivity index (χ3n) is 12.7. The van der Waals surface area contributed by atoms with Gasteiger partial charge in [-0.2, -0.15) is 0 Å². The van der Waals surface area contributed by atoms with E-state index in [1.807, 2.05) is 19.1 Å². The van der Waals surface area contributed by atoms with E-state index in [1.165, 1.54) is 44.1 Å². The summed E-state index contributed by atoms with van der Waals surface area (Å²) in [6.45, 7) is 24.8. The Kier molecular flexibility index (Phi) is 14.0. The van der Waals surface area contributed by atoms with Crippen molar-refractivity contribution in [3.05, 3.63) is 107 Å². The van der Waals surface area contributed by atoms with Gasteiger partial charge in [0, 0.05) is 18.9 Å². The molecule has 0 radical (unpaired) electrons. The molecule has 4 aliphatic carbocycles. The van der Waals surface area contributed by atoms with Crippen molar-refractivity contribution in [2.45, 2.75) is 139 Å². The van der Waals surface area contributed by atoms with Crippen molar-refractivity contribution in [2.24, 2.45) is 40.4 Å². The second-order valence-electron chi connectivity index (χ2n) is 17.3. The van der Waals surface area contributed by atoms with Gasteiger partial charge in [0.2, 0.25) is 0 Å². The van der Waals surface area contributed by atoms with Crippen molar-refractivity contribution in [2.75, 3.05) is 0 Å². The van der Waals surface area contributed by atoms with Gasteiger partial charge >= 0.3 is 5.97 Å². The van der Waals surface area contributed by atoms with Gasteiger partial charge in [-0.05, 0) is 128 Å². The number of fused-ring (bicyclic) bond motifs is 1. The van der Waals surface area contributed by atoms with Gasteiger partial charge in [-0.15, -0.1) is 0 Å². The first kappa shape index (κ1) is 39.9. The van der Waals surface area contributed by atoms with Crippen molar-refractivity contribution in [1.29, 1.82) is 0 Å². The summed E-state index contributed by atoms with van der Waals surface area (Å²) in [7, 11) is 0. The van der Waals surface area contributed by atoms with E-state index in [9.17, 15) is 9.90 Å². The van der Waals surface area contributed by atoms with Gasteiger partial charge in [-0.1, -0.05) is 127 Å². The Morgan fingerprint density at radius 3 is 2.48 bits per heavy atom. The number of rotatable bonds is 11. The van der Waals surface area contributed by atoms with Gasteiger partial charge < -0.3 is 9.84 Å². The van der Waals surface area contributed by atoms with E-state index in [4.69, 9.17) is 4.74 Å². The number of esters is 1. The summed E-state index contributed by atoms with van der Waals surface area (Å²) in [5.74, 6) is 2.80. The molecule has 4 rings (SSSR count). The van der Waals surface area contributed by atoms with E-state index in [1.54, 1.807) is 11.6 Å². The minimum absolute atomic E-state index is 0.236. The first-order valence-electron chi connectivity index (χ1n) is 19.7. The first-order valence-corrected chi connectivity index (χ1v) is 19.7. The Labute approximate surface area is 305 Å². The van der Waals surface area contributed by atoms with Gasteiger partial charge in [-0.3, -0.25) is 0 Å². The Morgan fingerprint density at radius 2 is 1.76 bits per heavy atom. The third-order valence-corrected chi connectivity index (χ3v) is 12.7. The standard InChI is InChI=1S/C47H68O3/c1-32(2)35(5)20-21-36(6)42-25-26-43-38(17-14-28-47(42,43)10)22-23-39-30-41(31-44(48)37(39)7)50-45(49)29-34(4)16-13-15-33(3)19-24-40-18-11-12-27-46(40,8)9/h13,15-16,18-24,29,32,35-36,41-44,48H,7,11-12,14,17,25-28,30-31H2,1-6,8-10H3/b16-13+,21-20+,24-19+,33-15+,34-29+,38-22+,39-23-/t35-,36+,41+,42+,43?,44+,47+/m0/s1. The smallest absolute Gasteiger partial charge is 0.331 e. The summed E-state index contributed by atoms with van der Waals surface area (Å²) in [5, 5.41) is 10.9. The molecule has 1 unspecified atom stereocenters. The molecule has 3 saturated carbocycles. The van der Waals surface area contributed by atoms with Crippen molar-refractivity contribution in [3.8, 4) is 0 Å². The summed E-state index contributed by atoms with van der Waals surface area (Å²) in [6.07, 6.45) is 33.5. The SMILES string of the molecule is C=C1/C(=C\C=C2/CCC[C@@]3(C)C2CC[C@@H]3[C@H](C)/C=C/[C@H](C)C(C)C)C[C@@H](OC(=O)/C=C(C)/C=C/C=C(C)/C=C/C2=CCCCC2(C)C)C[C@H]1O. The van der Waals surface area contributed by atoms with Crippen LogP contribution in [0.2, 0.25) is 0 Å². The van der Waals surface area contributed by atoms with Crippen LogP contribution in [0.5, 0.6) is 0 Å². The molecule has 3 fully saturated rings. The average molecular weight is 681 g/mol. The molecule has 0 spiro atoms. The van der Waals surface area contributed by atoms with E-state index >= 15 is 0 Å². The molecular weight excluding hydrogens is 613 g/mol. The van der Waals surface area contributed by atoms with E-state index in [-0.39, 0.29) is 17.5 Å². The fraction of sp³-hybridized carbons (Fsp3) is 0.596. The number of carbonyl (C=O) groups excluding carboxylic acids is 1. The lowest BCUT2D eigenvalue weighted by molar-refractivity contribution is -0.144. The number of ether oxygens (including phenoxy) is 1. The highest BCUT2D eigenvalue weighted by atomic mass is 16.5. The second-order valence-corrected chi connectivity index (χ2v) is 17.3. The van der Waals surface area contributed by atoms with Crippen LogP contribution in [0.4, 0.5) is 0 Å². The number of hydrogen-bond donors (Lipinski definition) is 1. The molecule has 0 bridgehead atoms. The van der Waals surface area contributed by atoms with Crippen LogP contribution >= 0.6 is 0 Å². The Morgan fingerprint density at radius 1 is 1.00 bits per heavy atom. The lowest BCUT2D eigenvalue weighted by atomic mass is 9.61. The maximum Gasteiger partial charge on any atom is 0.331 e. The molecule has 3 nitrogen and oxygen atoms in total. The Bertz CT molecular complexity index is 1470. The molecule has 3 heteroatoms. The zero-order chi connectivity index (χ0) is 36.6. The van der Waals surface area contributed by atoms with Crippen LogP contribution in [0.1, 0.15) is 127 Å². The van der Waals surface area contributed by atoms with Crippen LogP contribution in [0.3, 0.4) is 0 Å². The maximum atomic E-state index is 12.9. The number of aliphatic hydroxyl groups is 1. The Balaban J connectivity index is 1.36.